The molecule has 1 aliphatic heterocycles. The van der Waals surface area contributed by atoms with E-state index in [1.54, 1.807) is 16.8 Å². The zero-order chi connectivity index (χ0) is 17.1. The number of hydrogen-bond acceptors (Lipinski definition) is 3. The van der Waals surface area contributed by atoms with Crippen LogP contribution in [0.3, 0.4) is 0 Å². The predicted octanol–water partition coefficient (Wildman–Crippen LogP) is 3.62. The second kappa shape index (κ2) is 5.28. The number of allylic oxidation sites excluding steroid dienone is 2. The van der Waals surface area contributed by atoms with Crippen molar-refractivity contribution in [3.63, 3.8) is 0 Å². The Hall–Kier alpha value is -1.95. The largest absolute Gasteiger partial charge is 0.330 e. The van der Waals surface area contributed by atoms with Crippen molar-refractivity contribution in [2.75, 3.05) is 6.54 Å². The molecule has 1 amide bonds. The van der Waals surface area contributed by atoms with Crippen LogP contribution >= 0.6 is 15.9 Å². The zero-order valence-corrected chi connectivity index (χ0v) is 15.5. The number of carbonyl (C=O) groups excluding carboxylic acids is 1. The number of rotatable bonds is 1. The van der Waals surface area contributed by atoms with Crippen molar-refractivity contribution in [3.05, 3.63) is 51.9 Å². The zero-order valence-electron chi connectivity index (χ0n) is 14.0. The lowest BCUT2D eigenvalue weighted by molar-refractivity contribution is 0.0699. The second-order valence-electron chi connectivity index (χ2n) is 7.12. The molecular formula is C18H19BrN4O. The standard InChI is InChI=1S/C18H19BrN4O/c1-11-14-8-18(2,3)7-12(14)4-5-22(11)17(24)15-6-16-20-9-13(19)10-23(16)21-15/h6-11H,4-5H2,1-3H3. The minimum atomic E-state index is -0.0335. The van der Waals surface area contributed by atoms with E-state index in [0.717, 1.165) is 17.4 Å². The lowest BCUT2D eigenvalue weighted by Gasteiger charge is -2.35. The van der Waals surface area contributed by atoms with Crippen LogP contribution in [0.2, 0.25) is 0 Å². The van der Waals surface area contributed by atoms with Crippen molar-refractivity contribution in [1.29, 1.82) is 0 Å². The average molecular weight is 387 g/mol. The van der Waals surface area contributed by atoms with Gasteiger partial charge in [-0.05, 0) is 40.4 Å². The van der Waals surface area contributed by atoms with Gasteiger partial charge in [-0.15, -0.1) is 0 Å². The van der Waals surface area contributed by atoms with Gasteiger partial charge < -0.3 is 4.90 Å². The highest BCUT2D eigenvalue weighted by Gasteiger charge is 2.35. The minimum absolute atomic E-state index is 0.0335. The van der Waals surface area contributed by atoms with Gasteiger partial charge in [0.15, 0.2) is 11.3 Å². The van der Waals surface area contributed by atoms with Gasteiger partial charge in [-0.2, -0.15) is 5.10 Å². The summed E-state index contributed by atoms with van der Waals surface area (Å²) in [6.45, 7) is 7.23. The van der Waals surface area contributed by atoms with Gasteiger partial charge in [-0.3, -0.25) is 4.79 Å². The van der Waals surface area contributed by atoms with Crippen LogP contribution in [0.25, 0.3) is 5.65 Å². The molecule has 2 aromatic heterocycles. The molecular weight excluding hydrogens is 368 g/mol. The summed E-state index contributed by atoms with van der Waals surface area (Å²) >= 11 is 3.37. The molecule has 1 aliphatic carbocycles. The fraction of sp³-hybridized carbons (Fsp3) is 0.389. The van der Waals surface area contributed by atoms with Crippen LogP contribution in [0.5, 0.6) is 0 Å². The number of carbonyl (C=O) groups is 1. The molecule has 0 radical (unpaired) electrons. The molecule has 0 aromatic carbocycles. The van der Waals surface area contributed by atoms with Crippen LogP contribution in [0.15, 0.2) is 46.2 Å². The molecule has 24 heavy (non-hydrogen) atoms. The van der Waals surface area contributed by atoms with E-state index in [2.05, 4.69) is 58.9 Å². The number of likely N-dealkylation sites (tertiary alicyclic amines) is 1. The Labute approximate surface area is 149 Å². The maximum Gasteiger partial charge on any atom is 0.274 e. The lowest BCUT2D eigenvalue weighted by Crippen LogP contribution is -2.44. The third kappa shape index (κ3) is 2.49. The predicted molar refractivity (Wildman–Crippen MR) is 95.7 cm³/mol. The maximum absolute atomic E-state index is 13.0. The highest BCUT2D eigenvalue weighted by molar-refractivity contribution is 9.10. The number of amides is 1. The van der Waals surface area contributed by atoms with E-state index < -0.39 is 0 Å². The molecule has 1 atom stereocenters. The van der Waals surface area contributed by atoms with Gasteiger partial charge in [-0.25, -0.2) is 9.50 Å². The summed E-state index contributed by atoms with van der Waals surface area (Å²) in [6.07, 6.45) is 9.03. The normalized spacial score (nSPS) is 22.3. The first-order valence-corrected chi connectivity index (χ1v) is 8.90. The van der Waals surface area contributed by atoms with E-state index in [9.17, 15) is 4.79 Å². The Morgan fingerprint density at radius 1 is 1.38 bits per heavy atom. The smallest absolute Gasteiger partial charge is 0.274 e. The molecule has 1 unspecified atom stereocenters. The molecule has 0 bridgehead atoms. The highest BCUT2D eigenvalue weighted by Crippen LogP contribution is 2.40. The molecule has 6 heteroatoms. The van der Waals surface area contributed by atoms with Crippen molar-refractivity contribution in [2.45, 2.75) is 33.2 Å². The molecule has 5 nitrogen and oxygen atoms in total. The summed E-state index contributed by atoms with van der Waals surface area (Å²) in [5.74, 6) is -0.0335. The van der Waals surface area contributed by atoms with Crippen LogP contribution in [0, 0.1) is 5.41 Å². The van der Waals surface area contributed by atoms with Crippen molar-refractivity contribution in [3.8, 4) is 0 Å². The Bertz CT molecular complexity index is 909. The Kier molecular flexibility index (Phi) is 3.42. The average Bonchev–Trinajstić information content (AvgIpc) is 3.06. The monoisotopic (exact) mass is 386 g/mol. The second-order valence-corrected chi connectivity index (χ2v) is 8.04. The topological polar surface area (TPSA) is 50.5 Å². The maximum atomic E-state index is 13.0. The molecule has 0 saturated carbocycles. The Balaban J connectivity index is 1.66. The first-order chi connectivity index (χ1) is 11.3. The van der Waals surface area contributed by atoms with Gasteiger partial charge in [0.1, 0.15) is 0 Å². The molecule has 1 saturated heterocycles. The number of aromatic nitrogens is 3. The fourth-order valence-corrected chi connectivity index (χ4v) is 3.95. The van der Waals surface area contributed by atoms with E-state index in [1.807, 2.05) is 11.1 Å². The molecule has 124 valence electrons. The SMILES string of the molecule is CC1C2=CC(C)(C)C=C2CCN1C(=O)c1cc2ncc(Br)cn2n1. The van der Waals surface area contributed by atoms with E-state index in [-0.39, 0.29) is 17.4 Å². The molecule has 1 fully saturated rings. The van der Waals surface area contributed by atoms with E-state index in [0.29, 0.717) is 11.3 Å². The third-order valence-electron chi connectivity index (χ3n) is 4.75. The first kappa shape index (κ1) is 15.6. The Morgan fingerprint density at radius 3 is 2.96 bits per heavy atom. The molecule has 2 aliphatic rings. The number of nitrogens with zero attached hydrogens (tertiary/aromatic N) is 4. The van der Waals surface area contributed by atoms with Crippen molar-refractivity contribution in [1.82, 2.24) is 19.5 Å². The van der Waals surface area contributed by atoms with Gasteiger partial charge in [-0.1, -0.05) is 26.0 Å². The van der Waals surface area contributed by atoms with E-state index in [1.165, 1.54) is 11.1 Å². The number of piperidine rings is 1. The van der Waals surface area contributed by atoms with E-state index in [4.69, 9.17) is 0 Å². The Morgan fingerprint density at radius 2 is 2.17 bits per heavy atom. The van der Waals surface area contributed by atoms with Crippen LogP contribution in [-0.4, -0.2) is 38.0 Å². The van der Waals surface area contributed by atoms with Gasteiger partial charge >= 0.3 is 0 Å². The van der Waals surface area contributed by atoms with Crippen LogP contribution in [0.4, 0.5) is 0 Å². The summed E-state index contributed by atoms with van der Waals surface area (Å²) in [7, 11) is 0. The lowest BCUT2D eigenvalue weighted by atomic mass is 9.93. The minimum Gasteiger partial charge on any atom is -0.330 e. The number of hydrogen-bond donors (Lipinski definition) is 0. The van der Waals surface area contributed by atoms with Crippen LogP contribution in [0.1, 0.15) is 37.7 Å². The molecule has 4 rings (SSSR count). The number of fused-ring (bicyclic) bond motifs is 2. The van der Waals surface area contributed by atoms with Gasteiger partial charge in [0.05, 0.1) is 10.5 Å². The third-order valence-corrected chi connectivity index (χ3v) is 5.16. The van der Waals surface area contributed by atoms with E-state index >= 15 is 0 Å². The summed E-state index contributed by atoms with van der Waals surface area (Å²) in [5, 5.41) is 4.40. The van der Waals surface area contributed by atoms with Crippen molar-refractivity contribution >= 4 is 27.5 Å². The summed E-state index contributed by atoms with van der Waals surface area (Å²) < 4.78 is 2.46. The molecule has 2 aromatic rings. The van der Waals surface area contributed by atoms with Crippen LogP contribution < -0.4 is 0 Å². The summed E-state index contributed by atoms with van der Waals surface area (Å²) in [6, 6.07) is 1.82. The van der Waals surface area contributed by atoms with Crippen molar-refractivity contribution < 1.29 is 4.79 Å². The van der Waals surface area contributed by atoms with Gasteiger partial charge in [0.25, 0.3) is 5.91 Å². The molecule has 0 spiro atoms. The van der Waals surface area contributed by atoms with Crippen molar-refractivity contribution in [2.24, 2.45) is 5.41 Å². The summed E-state index contributed by atoms with van der Waals surface area (Å²) in [4.78, 5) is 19.2. The quantitative estimate of drug-likeness (QED) is 0.751. The summed E-state index contributed by atoms with van der Waals surface area (Å²) in [5.41, 5.74) is 3.87. The van der Waals surface area contributed by atoms with Gasteiger partial charge in [0, 0.05) is 30.4 Å². The fourth-order valence-electron chi connectivity index (χ4n) is 3.66. The highest BCUT2D eigenvalue weighted by atomic mass is 79.9. The molecule has 0 N–H and O–H groups in total. The molecule has 3 heterocycles. The first-order valence-electron chi connectivity index (χ1n) is 8.11. The van der Waals surface area contributed by atoms with Gasteiger partial charge in [0.2, 0.25) is 0 Å². The van der Waals surface area contributed by atoms with Crippen LogP contribution in [-0.2, 0) is 0 Å². The number of halogens is 1.